The third-order valence-electron chi connectivity index (χ3n) is 1.96. The summed E-state index contributed by atoms with van der Waals surface area (Å²) in [6.45, 7) is 6.10. The van der Waals surface area contributed by atoms with E-state index in [-0.39, 0.29) is 11.3 Å². The van der Waals surface area contributed by atoms with E-state index in [1.54, 1.807) is 6.08 Å². The van der Waals surface area contributed by atoms with Crippen LogP contribution in [0.3, 0.4) is 0 Å². The van der Waals surface area contributed by atoms with Crippen molar-refractivity contribution in [3.8, 4) is 0 Å². The summed E-state index contributed by atoms with van der Waals surface area (Å²) in [5.41, 5.74) is -0.0387. The fourth-order valence-electron chi connectivity index (χ4n) is 0.793. The zero-order valence-electron chi connectivity index (χ0n) is 6.31. The first-order chi connectivity index (χ1) is 4.69. The molecule has 1 N–H and O–H groups in total. The maximum absolute atomic E-state index is 11.1. The summed E-state index contributed by atoms with van der Waals surface area (Å²) in [4.78, 5) is 11.1. The highest BCUT2D eigenvalue weighted by molar-refractivity contribution is 5.84. The van der Waals surface area contributed by atoms with Gasteiger partial charge in [-0.3, -0.25) is 4.79 Å². The number of amides is 1. The van der Waals surface area contributed by atoms with Gasteiger partial charge < -0.3 is 5.32 Å². The van der Waals surface area contributed by atoms with Crippen molar-refractivity contribution >= 4 is 5.91 Å². The van der Waals surface area contributed by atoms with E-state index in [4.69, 9.17) is 0 Å². The molecule has 56 valence electrons. The Labute approximate surface area is 61.3 Å². The second-order valence-electron chi connectivity index (χ2n) is 3.06. The number of carbonyl (C=O) groups is 1. The van der Waals surface area contributed by atoms with Gasteiger partial charge in [-0.2, -0.15) is 0 Å². The number of carbonyl (C=O) groups excluding carboxylic acids is 1. The van der Waals surface area contributed by atoms with Gasteiger partial charge in [0.25, 0.3) is 0 Å². The van der Waals surface area contributed by atoms with E-state index in [9.17, 15) is 4.79 Å². The van der Waals surface area contributed by atoms with Crippen LogP contribution in [0.5, 0.6) is 0 Å². The van der Waals surface area contributed by atoms with Crippen molar-refractivity contribution < 1.29 is 4.79 Å². The van der Waals surface area contributed by atoms with Crippen LogP contribution in [0.4, 0.5) is 0 Å². The largest absolute Gasteiger partial charge is 0.352 e. The Morgan fingerprint density at radius 2 is 2.40 bits per heavy atom. The Kier molecular flexibility index (Phi) is 1.79. The van der Waals surface area contributed by atoms with Crippen LogP contribution < -0.4 is 5.32 Å². The third kappa shape index (κ3) is 1.38. The molecule has 0 saturated heterocycles. The van der Waals surface area contributed by atoms with Gasteiger partial charge in [-0.25, -0.2) is 0 Å². The lowest BCUT2D eigenvalue weighted by atomic mass is 10.1. The van der Waals surface area contributed by atoms with Crippen LogP contribution >= 0.6 is 0 Å². The lowest BCUT2D eigenvalue weighted by Crippen LogP contribution is -2.30. The Morgan fingerprint density at radius 1 is 1.80 bits per heavy atom. The second-order valence-corrected chi connectivity index (χ2v) is 3.06. The summed E-state index contributed by atoms with van der Waals surface area (Å²) in [5.74, 6) is 0.174. The van der Waals surface area contributed by atoms with Gasteiger partial charge in [0.15, 0.2) is 0 Å². The van der Waals surface area contributed by atoms with Gasteiger partial charge >= 0.3 is 0 Å². The number of hydrogen-bond acceptors (Lipinski definition) is 1. The minimum absolute atomic E-state index is 0.0387. The SMILES string of the molecule is C=CCNC(=O)C1(C)CC1. The first-order valence-electron chi connectivity index (χ1n) is 3.58. The highest BCUT2D eigenvalue weighted by Gasteiger charge is 2.44. The Balaban J connectivity index is 2.28. The lowest BCUT2D eigenvalue weighted by molar-refractivity contribution is -0.125. The molecule has 1 aliphatic carbocycles. The molecule has 1 saturated carbocycles. The number of hydrogen-bond donors (Lipinski definition) is 1. The van der Waals surface area contributed by atoms with Crippen molar-refractivity contribution in [2.45, 2.75) is 19.8 Å². The van der Waals surface area contributed by atoms with Gasteiger partial charge in [0, 0.05) is 12.0 Å². The average Bonchev–Trinajstić information content (AvgIpc) is 2.64. The fraction of sp³-hybridized carbons (Fsp3) is 0.625. The number of rotatable bonds is 3. The standard InChI is InChI=1S/C8H13NO/c1-3-6-9-7(10)8(2)4-5-8/h3H,1,4-6H2,2H3,(H,9,10). The van der Waals surface area contributed by atoms with Crippen LogP contribution in [0.15, 0.2) is 12.7 Å². The maximum atomic E-state index is 11.1. The topological polar surface area (TPSA) is 29.1 Å². The molecule has 0 unspecified atom stereocenters. The van der Waals surface area contributed by atoms with E-state index in [2.05, 4.69) is 11.9 Å². The van der Waals surface area contributed by atoms with Crippen LogP contribution in [0.2, 0.25) is 0 Å². The molecule has 0 aromatic carbocycles. The van der Waals surface area contributed by atoms with Crippen molar-refractivity contribution in [3.05, 3.63) is 12.7 Å². The highest BCUT2D eigenvalue weighted by atomic mass is 16.2. The van der Waals surface area contributed by atoms with Crippen LogP contribution in [0.1, 0.15) is 19.8 Å². The minimum Gasteiger partial charge on any atom is -0.352 e. The van der Waals surface area contributed by atoms with Crippen LogP contribution in [0, 0.1) is 5.41 Å². The average molecular weight is 139 g/mol. The van der Waals surface area contributed by atoms with Crippen molar-refractivity contribution in [2.24, 2.45) is 5.41 Å². The lowest BCUT2D eigenvalue weighted by Gasteiger charge is -2.06. The molecule has 0 radical (unpaired) electrons. The van der Waals surface area contributed by atoms with E-state index in [0.29, 0.717) is 6.54 Å². The van der Waals surface area contributed by atoms with Crippen LogP contribution in [-0.4, -0.2) is 12.5 Å². The zero-order valence-corrected chi connectivity index (χ0v) is 6.31. The predicted molar refractivity (Wildman–Crippen MR) is 40.5 cm³/mol. The molecule has 1 fully saturated rings. The summed E-state index contributed by atoms with van der Waals surface area (Å²) >= 11 is 0. The predicted octanol–water partition coefficient (Wildman–Crippen LogP) is 1.09. The van der Waals surface area contributed by atoms with Crippen molar-refractivity contribution in [1.82, 2.24) is 5.32 Å². The summed E-state index contributed by atoms with van der Waals surface area (Å²) in [5, 5.41) is 2.78. The van der Waals surface area contributed by atoms with Crippen LogP contribution in [-0.2, 0) is 4.79 Å². The molecule has 0 spiro atoms. The van der Waals surface area contributed by atoms with Crippen molar-refractivity contribution in [1.29, 1.82) is 0 Å². The number of nitrogens with one attached hydrogen (secondary N) is 1. The van der Waals surface area contributed by atoms with E-state index < -0.39 is 0 Å². The van der Waals surface area contributed by atoms with E-state index in [0.717, 1.165) is 12.8 Å². The first-order valence-corrected chi connectivity index (χ1v) is 3.58. The monoisotopic (exact) mass is 139 g/mol. The van der Waals surface area contributed by atoms with E-state index in [1.807, 2.05) is 6.92 Å². The van der Waals surface area contributed by atoms with Gasteiger partial charge in [0.2, 0.25) is 5.91 Å². The molecule has 0 aliphatic heterocycles. The molecule has 0 bridgehead atoms. The van der Waals surface area contributed by atoms with Gasteiger partial charge in [0.05, 0.1) is 0 Å². The zero-order chi connectivity index (χ0) is 7.61. The van der Waals surface area contributed by atoms with Gasteiger partial charge in [-0.05, 0) is 12.8 Å². The van der Waals surface area contributed by atoms with Gasteiger partial charge in [-0.15, -0.1) is 6.58 Å². The Morgan fingerprint density at radius 3 is 2.80 bits per heavy atom. The molecule has 0 atom stereocenters. The highest BCUT2D eigenvalue weighted by Crippen LogP contribution is 2.44. The van der Waals surface area contributed by atoms with Gasteiger partial charge in [0.1, 0.15) is 0 Å². The molecule has 2 heteroatoms. The van der Waals surface area contributed by atoms with Crippen LogP contribution in [0.25, 0.3) is 0 Å². The summed E-state index contributed by atoms with van der Waals surface area (Å²) in [6.07, 6.45) is 3.77. The molecule has 1 amide bonds. The third-order valence-corrected chi connectivity index (χ3v) is 1.96. The molecule has 2 nitrogen and oxygen atoms in total. The van der Waals surface area contributed by atoms with Gasteiger partial charge in [-0.1, -0.05) is 13.0 Å². The molecule has 0 heterocycles. The molecule has 0 aromatic heterocycles. The molecule has 1 aliphatic rings. The molecule has 10 heavy (non-hydrogen) atoms. The molecular weight excluding hydrogens is 126 g/mol. The summed E-state index contributed by atoms with van der Waals surface area (Å²) < 4.78 is 0. The first kappa shape index (κ1) is 7.32. The maximum Gasteiger partial charge on any atom is 0.226 e. The minimum atomic E-state index is -0.0387. The van der Waals surface area contributed by atoms with Crippen molar-refractivity contribution in [2.75, 3.05) is 6.54 Å². The van der Waals surface area contributed by atoms with Crippen molar-refractivity contribution in [3.63, 3.8) is 0 Å². The fourth-order valence-corrected chi connectivity index (χ4v) is 0.793. The second kappa shape index (κ2) is 2.45. The Bertz CT molecular complexity index is 159. The molecule has 0 aromatic rings. The summed E-state index contributed by atoms with van der Waals surface area (Å²) in [6, 6.07) is 0. The van der Waals surface area contributed by atoms with E-state index in [1.165, 1.54) is 0 Å². The smallest absolute Gasteiger partial charge is 0.226 e. The summed E-state index contributed by atoms with van der Waals surface area (Å²) in [7, 11) is 0. The quantitative estimate of drug-likeness (QED) is 0.582. The molecule has 1 rings (SSSR count). The van der Waals surface area contributed by atoms with E-state index >= 15 is 0 Å². The molecular formula is C8H13NO. The normalized spacial score (nSPS) is 19.7. The Hall–Kier alpha value is -0.790.